The fourth-order valence-electron chi connectivity index (χ4n) is 4.84. The standard InChI is InChI=1S/C32H28ClNO4/c33-26-13-11-25(12-14-26)32(19-4-20-32)31(37)34-27-15-7-23(8-16-27)24-9-17-28(18-10-24)38-29(30(35)36)21-22-5-2-1-3-6-22/h1-3,5-18,29H,4,19-21H2,(H,34,37)(H,35,36). The van der Waals surface area contributed by atoms with Crippen LogP contribution < -0.4 is 10.1 Å². The molecule has 5 rings (SSSR count). The van der Waals surface area contributed by atoms with E-state index in [0.29, 0.717) is 10.8 Å². The molecule has 0 saturated heterocycles. The normalized spacial score (nSPS) is 14.7. The summed E-state index contributed by atoms with van der Waals surface area (Å²) >= 11 is 6.04. The molecular weight excluding hydrogens is 498 g/mol. The largest absolute Gasteiger partial charge is 0.478 e. The van der Waals surface area contributed by atoms with Crippen molar-refractivity contribution < 1.29 is 19.4 Å². The average molecular weight is 526 g/mol. The highest BCUT2D eigenvalue weighted by molar-refractivity contribution is 6.30. The lowest BCUT2D eigenvalue weighted by atomic mass is 9.64. The molecule has 1 saturated carbocycles. The molecule has 1 fully saturated rings. The average Bonchev–Trinajstić information content (AvgIpc) is 2.90. The van der Waals surface area contributed by atoms with Crippen LogP contribution in [-0.4, -0.2) is 23.1 Å². The van der Waals surface area contributed by atoms with Gasteiger partial charge in [-0.05, 0) is 71.5 Å². The molecule has 38 heavy (non-hydrogen) atoms. The van der Waals surface area contributed by atoms with E-state index in [2.05, 4.69) is 5.32 Å². The monoisotopic (exact) mass is 525 g/mol. The fourth-order valence-corrected chi connectivity index (χ4v) is 4.97. The third kappa shape index (κ3) is 5.58. The Morgan fingerprint density at radius 2 is 1.45 bits per heavy atom. The van der Waals surface area contributed by atoms with Gasteiger partial charge in [0.05, 0.1) is 5.41 Å². The van der Waals surface area contributed by atoms with Crippen molar-refractivity contribution in [2.24, 2.45) is 0 Å². The van der Waals surface area contributed by atoms with Gasteiger partial charge in [-0.1, -0.05) is 84.8 Å². The minimum atomic E-state index is -1.00. The van der Waals surface area contributed by atoms with Gasteiger partial charge >= 0.3 is 5.97 Å². The lowest BCUT2D eigenvalue weighted by Gasteiger charge is -2.40. The summed E-state index contributed by atoms with van der Waals surface area (Å²) in [5.41, 5.74) is 4.07. The second-order valence-corrected chi connectivity index (χ2v) is 10.1. The fraction of sp³-hybridized carbons (Fsp3) is 0.188. The second kappa shape index (κ2) is 11.1. The maximum absolute atomic E-state index is 13.2. The molecule has 0 aliphatic heterocycles. The highest BCUT2D eigenvalue weighted by Gasteiger charge is 2.45. The van der Waals surface area contributed by atoms with Crippen LogP contribution in [0.25, 0.3) is 11.1 Å². The van der Waals surface area contributed by atoms with Gasteiger partial charge in [-0.25, -0.2) is 4.79 Å². The van der Waals surface area contributed by atoms with Crippen LogP contribution in [0.5, 0.6) is 5.75 Å². The number of anilines is 1. The Hall–Kier alpha value is -4.09. The number of hydrogen-bond donors (Lipinski definition) is 2. The van der Waals surface area contributed by atoms with E-state index in [1.807, 2.05) is 91.0 Å². The van der Waals surface area contributed by atoms with Crippen LogP contribution in [0.3, 0.4) is 0 Å². The van der Waals surface area contributed by atoms with Crippen LogP contribution in [-0.2, 0) is 21.4 Å². The summed E-state index contributed by atoms with van der Waals surface area (Å²) in [4.78, 5) is 25.0. The zero-order valence-corrected chi connectivity index (χ0v) is 21.5. The highest BCUT2D eigenvalue weighted by Crippen LogP contribution is 2.45. The van der Waals surface area contributed by atoms with Crippen molar-refractivity contribution in [3.63, 3.8) is 0 Å². The molecule has 4 aromatic carbocycles. The van der Waals surface area contributed by atoms with Crippen molar-refractivity contribution in [1.82, 2.24) is 0 Å². The van der Waals surface area contributed by atoms with Gasteiger partial charge in [0.25, 0.3) is 0 Å². The Bertz CT molecular complexity index is 1400. The van der Waals surface area contributed by atoms with E-state index in [1.165, 1.54) is 0 Å². The zero-order valence-electron chi connectivity index (χ0n) is 20.8. The molecule has 4 aromatic rings. The Labute approximate surface area is 227 Å². The van der Waals surface area contributed by atoms with E-state index in [9.17, 15) is 14.7 Å². The van der Waals surface area contributed by atoms with Gasteiger partial charge in [0.2, 0.25) is 5.91 Å². The van der Waals surface area contributed by atoms with Crippen molar-refractivity contribution in [3.8, 4) is 16.9 Å². The van der Waals surface area contributed by atoms with Gasteiger partial charge < -0.3 is 15.2 Å². The molecule has 0 spiro atoms. The number of benzene rings is 4. The van der Waals surface area contributed by atoms with E-state index in [4.69, 9.17) is 16.3 Å². The first-order valence-electron chi connectivity index (χ1n) is 12.6. The quantitative estimate of drug-likeness (QED) is 0.243. The van der Waals surface area contributed by atoms with Crippen molar-refractivity contribution in [2.75, 3.05) is 5.32 Å². The number of carbonyl (C=O) groups excluding carboxylic acids is 1. The SMILES string of the molecule is O=C(O)C(Cc1ccccc1)Oc1ccc(-c2ccc(NC(=O)C3(c4ccc(Cl)cc4)CCC3)cc2)cc1. The summed E-state index contributed by atoms with van der Waals surface area (Å²) in [7, 11) is 0. The van der Waals surface area contributed by atoms with Crippen LogP contribution in [0.1, 0.15) is 30.4 Å². The predicted octanol–water partition coefficient (Wildman–Crippen LogP) is 7.14. The number of carbonyl (C=O) groups is 2. The number of rotatable bonds is 9. The second-order valence-electron chi connectivity index (χ2n) is 9.63. The number of carboxylic acids is 1. The third-order valence-electron chi connectivity index (χ3n) is 7.19. The van der Waals surface area contributed by atoms with Gasteiger partial charge in [0, 0.05) is 17.1 Å². The minimum Gasteiger partial charge on any atom is -0.478 e. The number of carboxylic acid groups (broad SMARTS) is 1. The topological polar surface area (TPSA) is 75.6 Å². The van der Waals surface area contributed by atoms with Gasteiger partial charge in [0.1, 0.15) is 5.75 Å². The Kier molecular flexibility index (Phi) is 7.47. The molecule has 192 valence electrons. The van der Waals surface area contributed by atoms with E-state index < -0.39 is 17.5 Å². The van der Waals surface area contributed by atoms with E-state index in [0.717, 1.165) is 47.2 Å². The lowest BCUT2D eigenvalue weighted by Crippen LogP contribution is -2.45. The van der Waals surface area contributed by atoms with Crippen LogP contribution in [0.4, 0.5) is 5.69 Å². The van der Waals surface area contributed by atoms with Crippen molar-refractivity contribution in [3.05, 3.63) is 119 Å². The zero-order chi connectivity index (χ0) is 26.5. The highest BCUT2D eigenvalue weighted by atomic mass is 35.5. The molecule has 0 aromatic heterocycles. The molecule has 1 aliphatic carbocycles. The van der Waals surface area contributed by atoms with Crippen molar-refractivity contribution in [1.29, 1.82) is 0 Å². The summed E-state index contributed by atoms with van der Waals surface area (Å²) in [6.45, 7) is 0. The molecule has 1 unspecified atom stereocenters. The molecule has 5 nitrogen and oxygen atoms in total. The van der Waals surface area contributed by atoms with E-state index >= 15 is 0 Å². The molecular formula is C32H28ClNO4. The molecule has 1 atom stereocenters. The van der Waals surface area contributed by atoms with Gasteiger partial charge in [-0.2, -0.15) is 0 Å². The Morgan fingerprint density at radius 1 is 0.842 bits per heavy atom. The van der Waals surface area contributed by atoms with E-state index in [-0.39, 0.29) is 12.3 Å². The van der Waals surface area contributed by atoms with Crippen LogP contribution in [0.2, 0.25) is 5.02 Å². The number of hydrogen-bond acceptors (Lipinski definition) is 3. The molecule has 0 radical (unpaired) electrons. The Morgan fingerprint density at radius 3 is 2.00 bits per heavy atom. The van der Waals surface area contributed by atoms with Gasteiger partial charge in [-0.3, -0.25) is 4.79 Å². The van der Waals surface area contributed by atoms with E-state index in [1.54, 1.807) is 12.1 Å². The van der Waals surface area contributed by atoms with Crippen LogP contribution in [0.15, 0.2) is 103 Å². The molecule has 2 N–H and O–H groups in total. The van der Waals surface area contributed by atoms with Gasteiger partial charge in [0.15, 0.2) is 6.10 Å². The van der Waals surface area contributed by atoms with Crippen molar-refractivity contribution >= 4 is 29.2 Å². The summed E-state index contributed by atoms with van der Waals surface area (Å²) in [5, 5.41) is 13.4. The molecule has 1 aliphatic rings. The molecule has 1 amide bonds. The summed E-state index contributed by atoms with van der Waals surface area (Å²) in [6, 6.07) is 32.0. The first-order valence-corrected chi connectivity index (χ1v) is 13.0. The predicted molar refractivity (Wildman–Crippen MR) is 150 cm³/mol. The summed E-state index contributed by atoms with van der Waals surface area (Å²) in [5.74, 6) is -0.506. The molecule has 6 heteroatoms. The summed E-state index contributed by atoms with van der Waals surface area (Å²) < 4.78 is 5.77. The van der Waals surface area contributed by atoms with Gasteiger partial charge in [-0.15, -0.1) is 0 Å². The lowest BCUT2D eigenvalue weighted by molar-refractivity contribution is -0.145. The number of aliphatic carboxylic acids is 1. The first kappa shape index (κ1) is 25.6. The summed E-state index contributed by atoms with van der Waals surface area (Å²) in [6.07, 6.45) is 1.97. The minimum absolute atomic E-state index is 0.00353. The molecule has 0 heterocycles. The molecule has 0 bridgehead atoms. The van der Waals surface area contributed by atoms with Crippen LogP contribution >= 0.6 is 11.6 Å². The maximum Gasteiger partial charge on any atom is 0.345 e. The number of ether oxygens (including phenoxy) is 1. The Balaban J connectivity index is 1.23. The smallest absolute Gasteiger partial charge is 0.345 e. The van der Waals surface area contributed by atoms with Crippen molar-refractivity contribution in [2.45, 2.75) is 37.2 Å². The van der Waals surface area contributed by atoms with Crippen LogP contribution in [0, 0.1) is 0 Å². The number of nitrogens with one attached hydrogen (secondary N) is 1. The first-order chi connectivity index (χ1) is 18.4. The number of halogens is 1. The third-order valence-corrected chi connectivity index (χ3v) is 7.44. The number of amides is 1. The maximum atomic E-state index is 13.2.